The van der Waals surface area contributed by atoms with Crippen LogP contribution in [0.4, 0.5) is 4.79 Å². The molecule has 1 heterocycles. The van der Waals surface area contributed by atoms with Gasteiger partial charge in [0.25, 0.3) is 15.9 Å². The lowest BCUT2D eigenvalue weighted by molar-refractivity contribution is -0.126. The SMILES string of the molecule is [C-]#[N+]C(OC(=O)N(C)C)c1cc(S(=O)(=O)NC(=O)C(CC)Oc2ccc(C)cc2C)ccn1. The predicted molar refractivity (Wildman–Crippen MR) is 120 cm³/mol. The summed E-state index contributed by atoms with van der Waals surface area (Å²) in [4.78, 5) is 32.4. The number of nitrogens with zero attached hydrogens (tertiary/aromatic N) is 3. The maximum atomic E-state index is 12.8. The van der Waals surface area contributed by atoms with Crippen molar-refractivity contribution in [3.05, 3.63) is 64.8 Å². The molecule has 11 heteroatoms. The Kier molecular flexibility index (Phi) is 8.37. The molecule has 2 rings (SSSR count). The number of nitrogens with one attached hydrogen (secondary N) is 1. The molecule has 0 spiro atoms. The molecule has 1 N–H and O–H groups in total. The average Bonchev–Trinajstić information content (AvgIpc) is 2.76. The molecule has 2 atom stereocenters. The number of ether oxygens (including phenoxy) is 2. The van der Waals surface area contributed by atoms with E-state index in [0.29, 0.717) is 5.75 Å². The average molecular weight is 475 g/mol. The third kappa shape index (κ3) is 6.66. The van der Waals surface area contributed by atoms with Crippen molar-refractivity contribution < 1.29 is 27.5 Å². The number of hydrogen-bond donors (Lipinski definition) is 1. The van der Waals surface area contributed by atoms with Crippen LogP contribution >= 0.6 is 0 Å². The Hall–Kier alpha value is -3.65. The molecule has 0 saturated heterocycles. The first-order valence-electron chi connectivity index (χ1n) is 9.99. The van der Waals surface area contributed by atoms with Gasteiger partial charge < -0.3 is 14.4 Å². The largest absolute Gasteiger partial charge is 0.480 e. The van der Waals surface area contributed by atoms with Crippen LogP contribution in [-0.2, 0) is 19.6 Å². The van der Waals surface area contributed by atoms with Crippen LogP contribution in [-0.4, -0.2) is 50.5 Å². The Morgan fingerprint density at radius 1 is 1.21 bits per heavy atom. The lowest BCUT2D eigenvalue weighted by Gasteiger charge is -2.19. The zero-order chi connectivity index (χ0) is 24.8. The first-order valence-corrected chi connectivity index (χ1v) is 11.5. The highest BCUT2D eigenvalue weighted by atomic mass is 32.2. The van der Waals surface area contributed by atoms with E-state index in [1.807, 2.05) is 30.7 Å². The molecule has 33 heavy (non-hydrogen) atoms. The molecule has 0 bridgehead atoms. The van der Waals surface area contributed by atoms with Crippen molar-refractivity contribution in [1.82, 2.24) is 14.6 Å². The number of rotatable bonds is 8. The van der Waals surface area contributed by atoms with Gasteiger partial charge in [0.15, 0.2) is 11.8 Å². The minimum absolute atomic E-state index is 0.0888. The van der Waals surface area contributed by atoms with Crippen molar-refractivity contribution in [2.45, 2.75) is 44.4 Å². The van der Waals surface area contributed by atoms with Gasteiger partial charge in [0, 0.05) is 20.3 Å². The fourth-order valence-electron chi connectivity index (χ4n) is 2.75. The van der Waals surface area contributed by atoms with Crippen molar-refractivity contribution in [2.24, 2.45) is 0 Å². The van der Waals surface area contributed by atoms with E-state index in [2.05, 4.69) is 9.83 Å². The molecule has 0 aliphatic heterocycles. The topological polar surface area (TPSA) is 119 Å². The Morgan fingerprint density at radius 3 is 2.48 bits per heavy atom. The fourth-order valence-corrected chi connectivity index (χ4v) is 3.78. The van der Waals surface area contributed by atoms with Gasteiger partial charge in [-0.1, -0.05) is 24.6 Å². The van der Waals surface area contributed by atoms with Crippen LogP contribution in [0.2, 0.25) is 0 Å². The van der Waals surface area contributed by atoms with E-state index in [-0.39, 0.29) is 17.0 Å². The highest BCUT2D eigenvalue weighted by Crippen LogP contribution is 2.23. The molecule has 176 valence electrons. The smallest absolute Gasteiger partial charge is 0.415 e. The monoisotopic (exact) mass is 474 g/mol. The maximum Gasteiger partial charge on any atom is 0.415 e. The number of aryl methyl sites for hydroxylation is 2. The van der Waals surface area contributed by atoms with Gasteiger partial charge in [0.1, 0.15) is 5.75 Å². The summed E-state index contributed by atoms with van der Waals surface area (Å²) in [5, 5.41) is 0. The van der Waals surface area contributed by atoms with Crippen molar-refractivity contribution in [3.8, 4) is 5.75 Å². The van der Waals surface area contributed by atoms with E-state index in [1.54, 1.807) is 13.0 Å². The standard InChI is InChI=1S/C22H26N4O6S/c1-7-18(31-19-9-8-14(2)12-15(19)3)20(27)25-33(29,30)16-10-11-24-17(13-16)21(23-4)32-22(28)26(5)6/h8-13,18,21H,7H2,1-3,5-6H3,(H,25,27). The van der Waals surface area contributed by atoms with Crippen molar-refractivity contribution >= 4 is 22.0 Å². The summed E-state index contributed by atoms with van der Waals surface area (Å²) in [5.41, 5.74) is 1.76. The van der Waals surface area contributed by atoms with E-state index in [4.69, 9.17) is 16.0 Å². The summed E-state index contributed by atoms with van der Waals surface area (Å²) in [6, 6.07) is 7.70. The lowest BCUT2D eigenvalue weighted by atomic mass is 10.1. The zero-order valence-electron chi connectivity index (χ0n) is 19.0. The summed E-state index contributed by atoms with van der Waals surface area (Å²) in [5.74, 6) is -0.356. The molecule has 0 fully saturated rings. The maximum absolute atomic E-state index is 12.8. The molecule has 0 radical (unpaired) electrons. The van der Waals surface area contributed by atoms with Gasteiger partial charge in [0.05, 0.1) is 4.90 Å². The van der Waals surface area contributed by atoms with Crippen LogP contribution in [0.1, 0.15) is 36.4 Å². The van der Waals surface area contributed by atoms with Crippen LogP contribution in [0.5, 0.6) is 5.75 Å². The molecule has 10 nitrogen and oxygen atoms in total. The number of benzene rings is 1. The van der Waals surface area contributed by atoms with E-state index < -0.39 is 34.4 Å². The second-order valence-electron chi connectivity index (χ2n) is 7.43. The predicted octanol–water partition coefficient (Wildman–Crippen LogP) is 2.98. The number of amides is 2. The summed E-state index contributed by atoms with van der Waals surface area (Å²) in [6.45, 7) is 12.7. The number of pyridine rings is 1. The third-order valence-electron chi connectivity index (χ3n) is 4.51. The number of carbonyl (C=O) groups is 2. The minimum atomic E-state index is -4.31. The number of hydrogen-bond acceptors (Lipinski definition) is 7. The Morgan fingerprint density at radius 2 is 1.91 bits per heavy atom. The van der Waals surface area contributed by atoms with Gasteiger partial charge >= 0.3 is 12.3 Å². The molecule has 0 aliphatic rings. The van der Waals surface area contributed by atoms with Gasteiger partial charge in [-0.2, -0.15) is 0 Å². The molecule has 2 aromatic rings. The van der Waals surface area contributed by atoms with E-state index in [9.17, 15) is 18.0 Å². The van der Waals surface area contributed by atoms with Crippen molar-refractivity contribution in [2.75, 3.05) is 14.1 Å². The van der Waals surface area contributed by atoms with Gasteiger partial charge in [-0.25, -0.2) is 29.5 Å². The Labute approximate surface area is 193 Å². The highest BCUT2D eigenvalue weighted by molar-refractivity contribution is 7.90. The molecular formula is C22H26N4O6S. The molecule has 2 amide bonds. The van der Waals surface area contributed by atoms with Crippen LogP contribution in [0, 0.1) is 20.4 Å². The second-order valence-corrected chi connectivity index (χ2v) is 9.11. The van der Waals surface area contributed by atoms with Gasteiger partial charge in [-0.15, -0.1) is 0 Å². The highest BCUT2D eigenvalue weighted by Gasteiger charge is 2.29. The number of carbonyl (C=O) groups excluding carboxylic acids is 2. The van der Waals surface area contributed by atoms with E-state index in [1.165, 1.54) is 20.2 Å². The molecule has 1 aromatic heterocycles. The second kappa shape index (κ2) is 10.8. The first-order chi connectivity index (χ1) is 15.5. The van der Waals surface area contributed by atoms with Crippen LogP contribution in [0.15, 0.2) is 41.4 Å². The van der Waals surface area contributed by atoms with Gasteiger partial charge in [-0.05, 0) is 44.0 Å². The Balaban J connectivity index is 2.21. The summed E-state index contributed by atoms with van der Waals surface area (Å²) in [7, 11) is -1.42. The quantitative estimate of drug-likeness (QED) is 0.584. The summed E-state index contributed by atoms with van der Waals surface area (Å²) in [6.07, 6.45) is -1.88. The van der Waals surface area contributed by atoms with Gasteiger partial charge in [0.2, 0.25) is 0 Å². The van der Waals surface area contributed by atoms with Gasteiger partial charge in [-0.3, -0.25) is 9.64 Å². The fraction of sp³-hybridized carbons (Fsp3) is 0.364. The first kappa shape index (κ1) is 25.6. The zero-order valence-corrected chi connectivity index (χ0v) is 19.8. The summed E-state index contributed by atoms with van der Waals surface area (Å²) < 4.78 is 38.4. The molecular weight excluding hydrogens is 448 g/mol. The van der Waals surface area contributed by atoms with Crippen molar-refractivity contribution in [1.29, 1.82) is 0 Å². The third-order valence-corrected chi connectivity index (χ3v) is 5.85. The Bertz CT molecular complexity index is 1170. The van der Waals surface area contributed by atoms with Crippen LogP contribution < -0.4 is 9.46 Å². The van der Waals surface area contributed by atoms with E-state index >= 15 is 0 Å². The number of sulfonamides is 1. The van der Waals surface area contributed by atoms with Crippen LogP contribution in [0.3, 0.4) is 0 Å². The lowest BCUT2D eigenvalue weighted by Crippen LogP contribution is -2.41. The molecule has 2 unspecified atom stereocenters. The molecule has 0 saturated carbocycles. The van der Waals surface area contributed by atoms with Crippen molar-refractivity contribution in [3.63, 3.8) is 0 Å². The minimum Gasteiger partial charge on any atom is -0.480 e. The normalized spacial score (nSPS) is 12.7. The molecule has 1 aromatic carbocycles. The molecule has 0 aliphatic carbocycles. The number of aromatic nitrogens is 1. The van der Waals surface area contributed by atoms with E-state index in [0.717, 1.165) is 28.3 Å². The summed E-state index contributed by atoms with van der Waals surface area (Å²) >= 11 is 0. The van der Waals surface area contributed by atoms with Crippen LogP contribution in [0.25, 0.3) is 4.85 Å².